The number of nitrogens with two attached hydrogens (primary N) is 1. The number of primary amides is 1. The Hall–Kier alpha value is -3.74. The number of para-hydroxylation sites is 1. The van der Waals surface area contributed by atoms with Gasteiger partial charge in [-0.3, -0.25) is 19.3 Å². The summed E-state index contributed by atoms with van der Waals surface area (Å²) in [6.45, 7) is 7.15. The van der Waals surface area contributed by atoms with Crippen LogP contribution in [0.2, 0.25) is 0 Å². The number of benzene rings is 1. The van der Waals surface area contributed by atoms with Crippen LogP contribution in [-0.2, 0) is 19.1 Å². The van der Waals surface area contributed by atoms with Gasteiger partial charge in [-0.2, -0.15) is 0 Å². The molecule has 0 aliphatic rings. The summed E-state index contributed by atoms with van der Waals surface area (Å²) in [6.07, 6.45) is 5.55. The number of alkyl carbamates (subject to hydrolysis) is 1. The zero-order chi connectivity index (χ0) is 25.2. The van der Waals surface area contributed by atoms with Gasteiger partial charge in [0.05, 0.1) is 6.42 Å². The summed E-state index contributed by atoms with van der Waals surface area (Å²) < 4.78 is 5.15. The average molecular weight is 461 g/mol. The van der Waals surface area contributed by atoms with Crippen molar-refractivity contribution in [2.75, 3.05) is 6.54 Å². The van der Waals surface area contributed by atoms with Crippen LogP contribution in [-0.4, -0.2) is 52.0 Å². The van der Waals surface area contributed by atoms with Crippen LogP contribution >= 0.6 is 0 Å². The second-order valence-corrected chi connectivity index (χ2v) is 8.31. The molecule has 0 saturated heterocycles. The van der Waals surface area contributed by atoms with Crippen LogP contribution in [0.1, 0.15) is 58.6 Å². The van der Waals surface area contributed by atoms with Gasteiger partial charge in [0.1, 0.15) is 17.4 Å². The third-order valence-electron chi connectivity index (χ3n) is 4.34. The molecular weight excluding hydrogens is 428 g/mol. The number of ether oxygens (including phenoxy) is 1. The van der Waals surface area contributed by atoms with Gasteiger partial charge < -0.3 is 26.2 Å². The molecule has 1 aromatic carbocycles. The molecule has 0 aromatic heterocycles. The first-order chi connectivity index (χ1) is 15.4. The van der Waals surface area contributed by atoms with Crippen molar-refractivity contribution in [2.45, 2.75) is 64.6 Å². The highest BCUT2D eigenvalue weighted by Crippen LogP contribution is 2.29. The fourth-order valence-corrected chi connectivity index (χ4v) is 2.89. The van der Waals surface area contributed by atoms with Gasteiger partial charge in [-0.1, -0.05) is 38.0 Å². The first kappa shape index (κ1) is 27.3. The van der Waals surface area contributed by atoms with Crippen LogP contribution < -0.4 is 16.4 Å². The minimum absolute atomic E-state index is 0.0768. The third-order valence-corrected chi connectivity index (χ3v) is 4.34. The van der Waals surface area contributed by atoms with Gasteiger partial charge in [0.25, 0.3) is 5.91 Å². The number of hydrogen-bond acceptors (Lipinski definition) is 6. The Morgan fingerprint density at radius 2 is 1.88 bits per heavy atom. The molecule has 4 amide bonds. The summed E-state index contributed by atoms with van der Waals surface area (Å²) in [5.74, 6) is -2.71. The zero-order valence-electron chi connectivity index (χ0n) is 19.4. The molecule has 0 saturated carbocycles. The summed E-state index contributed by atoms with van der Waals surface area (Å²) in [5, 5.41) is 15.3. The Kier molecular flexibility index (Phi) is 10.2. The number of nitrogens with zero attached hydrogens (tertiary/aromatic N) is 1. The number of hydrogen-bond donors (Lipinski definition) is 4. The maximum absolute atomic E-state index is 13.3. The molecule has 5 N–H and O–H groups in total. The summed E-state index contributed by atoms with van der Waals surface area (Å²) in [5.41, 5.74) is 4.46. The molecule has 0 spiro atoms. The van der Waals surface area contributed by atoms with Crippen LogP contribution in [0.15, 0.2) is 24.3 Å². The number of amides is 4. The van der Waals surface area contributed by atoms with Crippen molar-refractivity contribution >= 4 is 23.8 Å². The van der Waals surface area contributed by atoms with Crippen molar-refractivity contribution in [3.05, 3.63) is 29.8 Å². The highest BCUT2D eigenvalue weighted by molar-refractivity contribution is 5.95. The van der Waals surface area contributed by atoms with Crippen molar-refractivity contribution in [2.24, 2.45) is 5.73 Å². The van der Waals surface area contributed by atoms with Gasteiger partial charge in [-0.15, -0.1) is 0 Å². The van der Waals surface area contributed by atoms with Crippen molar-refractivity contribution < 1.29 is 29.0 Å². The smallest absolute Gasteiger partial charge is 0.408 e. The van der Waals surface area contributed by atoms with E-state index in [1.54, 1.807) is 32.9 Å². The van der Waals surface area contributed by atoms with E-state index in [-0.39, 0.29) is 11.3 Å². The minimum atomic E-state index is -1.50. The second-order valence-electron chi connectivity index (χ2n) is 8.31. The van der Waals surface area contributed by atoms with E-state index in [9.17, 15) is 24.3 Å². The standard InChI is InChI=1S/C23H32N4O6/c1-6-8-13-25-20(30)19(15-11-9-10-12-17(15)28)27(7-2)21(31)16(14-18(24)29)26-22(32)33-23(3,4)5/h2,9-12,16,19,28H,6,8,13-14H2,1,3-5H3,(H2,24,29)(H,25,30)(H,26,32). The Morgan fingerprint density at radius 3 is 2.39 bits per heavy atom. The molecule has 10 heteroatoms. The molecule has 0 aliphatic heterocycles. The molecule has 180 valence electrons. The Morgan fingerprint density at radius 1 is 1.24 bits per heavy atom. The van der Waals surface area contributed by atoms with Crippen LogP contribution in [0, 0.1) is 12.5 Å². The first-order valence-corrected chi connectivity index (χ1v) is 10.5. The number of rotatable bonds is 10. The molecule has 0 radical (unpaired) electrons. The number of phenolic OH excluding ortho intramolecular Hbond substituents is 1. The van der Waals surface area contributed by atoms with E-state index in [0.717, 1.165) is 11.3 Å². The highest BCUT2D eigenvalue weighted by Gasteiger charge is 2.37. The van der Waals surface area contributed by atoms with Crippen molar-refractivity contribution in [3.8, 4) is 18.2 Å². The number of phenols is 1. The van der Waals surface area contributed by atoms with Gasteiger partial charge in [0.15, 0.2) is 6.04 Å². The number of nitrogens with one attached hydrogen (secondary N) is 2. The van der Waals surface area contributed by atoms with Gasteiger partial charge in [0.2, 0.25) is 11.8 Å². The average Bonchev–Trinajstić information content (AvgIpc) is 2.70. The number of terminal acetylenes is 1. The normalized spacial score (nSPS) is 12.6. The van der Waals surface area contributed by atoms with E-state index in [0.29, 0.717) is 13.0 Å². The van der Waals surface area contributed by atoms with Gasteiger partial charge in [-0.25, -0.2) is 4.79 Å². The van der Waals surface area contributed by atoms with E-state index in [2.05, 4.69) is 16.7 Å². The topological polar surface area (TPSA) is 151 Å². The Labute approximate surface area is 193 Å². The van der Waals surface area contributed by atoms with Crippen LogP contribution in [0.25, 0.3) is 0 Å². The molecule has 2 unspecified atom stereocenters. The lowest BCUT2D eigenvalue weighted by atomic mass is 10.0. The van der Waals surface area contributed by atoms with Gasteiger partial charge >= 0.3 is 6.09 Å². The van der Waals surface area contributed by atoms with E-state index in [1.165, 1.54) is 12.1 Å². The van der Waals surface area contributed by atoms with Crippen LogP contribution in [0.3, 0.4) is 0 Å². The van der Waals surface area contributed by atoms with Crippen molar-refractivity contribution in [3.63, 3.8) is 0 Å². The van der Waals surface area contributed by atoms with Gasteiger partial charge in [0, 0.05) is 18.2 Å². The number of carbonyl (C=O) groups excluding carboxylic acids is 4. The largest absolute Gasteiger partial charge is 0.508 e. The van der Waals surface area contributed by atoms with Crippen molar-refractivity contribution in [1.29, 1.82) is 0 Å². The molecule has 2 atom stereocenters. The molecule has 0 bridgehead atoms. The molecule has 10 nitrogen and oxygen atoms in total. The van der Waals surface area contributed by atoms with E-state index in [4.69, 9.17) is 16.9 Å². The molecule has 33 heavy (non-hydrogen) atoms. The van der Waals surface area contributed by atoms with Crippen molar-refractivity contribution in [1.82, 2.24) is 15.5 Å². The molecule has 1 aromatic rings. The lowest BCUT2D eigenvalue weighted by Crippen LogP contribution is -2.52. The third kappa shape index (κ3) is 8.73. The fraction of sp³-hybridized carbons (Fsp3) is 0.478. The summed E-state index contributed by atoms with van der Waals surface area (Å²) >= 11 is 0. The predicted molar refractivity (Wildman–Crippen MR) is 121 cm³/mol. The first-order valence-electron chi connectivity index (χ1n) is 10.5. The summed E-state index contributed by atoms with van der Waals surface area (Å²) in [6, 6.07) is 5.14. The number of aromatic hydroxyl groups is 1. The summed E-state index contributed by atoms with van der Waals surface area (Å²) in [4.78, 5) is 50.9. The van der Waals surface area contributed by atoms with Crippen LogP contribution in [0.4, 0.5) is 4.79 Å². The molecule has 0 aliphatic carbocycles. The quantitative estimate of drug-likeness (QED) is 0.236. The van der Waals surface area contributed by atoms with E-state index in [1.807, 2.05) is 6.92 Å². The maximum Gasteiger partial charge on any atom is 0.408 e. The second kappa shape index (κ2) is 12.3. The number of carbonyl (C=O) groups is 4. The zero-order valence-corrected chi connectivity index (χ0v) is 19.4. The Balaban J connectivity index is 3.34. The monoisotopic (exact) mass is 460 g/mol. The summed E-state index contributed by atoms with van der Waals surface area (Å²) in [7, 11) is 0. The number of unbranched alkanes of at least 4 members (excludes halogenated alkanes) is 1. The SMILES string of the molecule is C#CN(C(=O)C(CC(N)=O)NC(=O)OC(C)(C)C)C(C(=O)NCCCC)c1ccccc1O. The molecule has 1 rings (SSSR count). The minimum Gasteiger partial charge on any atom is -0.508 e. The lowest BCUT2D eigenvalue weighted by Gasteiger charge is -2.30. The molecule has 0 fully saturated rings. The Bertz CT molecular complexity index is 903. The maximum atomic E-state index is 13.3. The molecular formula is C23H32N4O6. The molecule has 0 heterocycles. The highest BCUT2D eigenvalue weighted by atomic mass is 16.6. The fourth-order valence-electron chi connectivity index (χ4n) is 2.89. The van der Waals surface area contributed by atoms with Gasteiger partial charge in [-0.05, 0) is 33.3 Å². The lowest BCUT2D eigenvalue weighted by molar-refractivity contribution is -0.139. The predicted octanol–water partition coefficient (Wildman–Crippen LogP) is 1.54. The van der Waals surface area contributed by atoms with E-state index < -0.39 is 47.9 Å². The van der Waals surface area contributed by atoms with E-state index >= 15 is 0 Å². The van der Waals surface area contributed by atoms with Crippen LogP contribution in [0.5, 0.6) is 5.75 Å².